The SMILES string of the molecule is CC(C)(C)OC(=O)N1CC(CCCn2ccc(S(=O)(=O)NC(=O)c3ccc(-n4ccc(OCCC5C6(CC6)C56CC6)n4)nc3Cl)n2)CC1(C)C. The Labute approximate surface area is 298 Å². The lowest BCUT2D eigenvalue weighted by Crippen LogP contribution is -2.45. The van der Waals surface area contributed by atoms with Crippen LogP contribution in [0.3, 0.4) is 0 Å². The highest BCUT2D eigenvalue weighted by Gasteiger charge is 2.85. The van der Waals surface area contributed by atoms with Gasteiger partial charge >= 0.3 is 6.09 Å². The number of rotatable bonds is 12. The van der Waals surface area contributed by atoms with Gasteiger partial charge in [0.15, 0.2) is 10.8 Å². The van der Waals surface area contributed by atoms with Crippen LogP contribution in [0, 0.1) is 22.7 Å². The third-order valence-electron chi connectivity index (χ3n) is 11.0. The molecule has 0 radical (unpaired) electrons. The zero-order valence-corrected chi connectivity index (χ0v) is 30.9. The summed E-state index contributed by atoms with van der Waals surface area (Å²) >= 11 is 6.35. The maximum absolute atomic E-state index is 13.0. The monoisotopic (exact) mass is 727 g/mol. The fourth-order valence-electron chi connectivity index (χ4n) is 8.47. The molecule has 4 aliphatic rings. The van der Waals surface area contributed by atoms with E-state index < -0.39 is 21.5 Å². The first kappa shape index (κ1) is 34.8. The molecule has 7 rings (SSSR count). The number of pyridine rings is 1. The fourth-order valence-corrected chi connectivity index (χ4v) is 9.62. The van der Waals surface area contributed by atoms with Crippen LogP contribution in [0.5, 0.6) is 5.88 Å². The molecule has 15 heteroatoms. The van der Waals surface area contributed by atoms with Crippen molar-refractivity contribution in [2.24, 2.45) is 22.7 Å². The van der Waals surface area contributed by atoms with Gasteiger partial charge in [-0.1, -0.05) is 11.6 Å². The van der Waals surface area contributed by atoms with E-state index in [1.165, 1.54) is 53.2 Å². The van der Waals surface area contributed by atoms with Gasteiger partial charge in [-0.25, -0.2) is 19.2 Å². The summed E-state index contributed by atoms with van der Waals surface area (Å²) in [6.07, 6.45) is 11.9. The Bertz CT molecular complexity index is 1890. The molecule has 2 amide bonds. The number of halogens is 1. The molecule has 50 heavy (non-hydrogen) atoms. The molecule has 4 fully saturated rings. The van der Waals surface area contributed by atoms with Crippen LogP contribution in [0.25, 0.3) is 5.82 Å². The van der Waals surface area contributed by atoms with Crippen LogP contribution < -0.4 is 9.46 Å². The molecule has 4 heterocycles. The summed E-state index contributed by atoms with van der Waals surface area (Å²) in [5.41, 5.74) is 0.313. The first-order chi connectivity index (χ1) is 23.5. The first-order valence-corrected chi connectivity index (χ1v) is 19.3. The second-order valence-corrected chi connectivity index (χ2v) is 18.1. The Morgan fingerprint density at radius 1 is 1.02 bits per heavy atom. The van der Waals surface area contributed by atoms with Crippen molar-refractivity contribution in [3.63, 3.8) is 0 Å². The predicted molar refractivity (Wildman–Crippen MR) is 185 cm³/mol. The van der Waals surface area contributed by atoms with E-state index in [2.05, 4.69) is 15.2 Å². The topological polar surface area (TPSA) is 151 Å². The van der Waals surface area contributed by atoms with Gasteiger partial charge in [-0.15, -0.1) is 5.10 Å². The second kappa shape index (κ2) is 12.2. The van der Waals surface area contributed by atoms with Gasteiger partial charge in [-0.05, 0) is 127 Å². The van der Waals surface area contributed by atoms with E-state index in [4.69, 9.17) is 21.1 Å². The van der Waals surface area contributed by atoms with Crippen LogP contribution in [0.2, 0.25) is 5.15 Å². The van der Waals surface area contributed by atoms with Gasteiger partial charge in [-0.2, -0.15) is 13.5 Å². The summed E-state index contributed by atoms with van der Waals surface area (Å²) in [6.45, 7) is 11.3. The zero-order valence-electron chi connectivity index (χ0n) is 29.3. The second-order valence-electron chi connectivity index (χ2n) is 16.1. The number of hydrogen-bond donors (Lipinski definition) is 1. The molecule has 3 aliphatic carbocycles. The molecule has 1 aliphatic heterocycles. The van der Waals surface area contributed by atoms with E-state index in [0.717, 1.165) is 31.6 Å². The third-order valence-corrected chi connectivity index (χ3v) is 12.6. The minimum Gasteiger partial charge on any atom is -0.477 e. The van der Waals surface area contributed by atoms with E-state index in [1.54, 1.807) is 23.4 Å². The molecule has 1 saturated heterocycles. The minimum atomic E-state index is -4.28. The first-order valence-electron chi connectivity index (χ1n) is 17.5. The molecule has 1 N–H and O–H groups in total. The highest BCUT2D eigenvalue weighted by molar-refractivity contribution is 7.90. The molecule has 1 atom stereocenters. The van der Waals surface area contributed by atoms with Crippen LogP contribution in [0.1, 0.15) is 96.3 Å². The molecule has 1 unspecified atom stereocenters. The van der Waals surface area contributed by atoms with Gasteiger partial charge in [0.25, 0.3) is 15.9 Å². The lowest BCUT2D eigenvalue weighted by molar-refractivity contribution is 0.0130. The molecular formula is C35H46ClN7O6S. The number of carbonyl (C=O) groups is 2. The molecule has 13 nitrogen and oxygen atoms in total. The van der Waals surface area contributed by atoms with Crippen LogP contribution in [-0.2, 0) is 21.3 Å². The largest absolute Gasteiger partial charge is 0.477 e. The average Bonchev–Trinajstić information content (AvgIpc) is 3.93. The fraction of sp³-hybridized carbons (Fsp3) is 0.629. The quantitative estimate of drug-likeness (QED) is 0.221. The van der Waals surface area contributed by atoms with Crippen molar-refractivity contribution in [1.29, 1.82) is 0 Å². The maximum atomic E-state index is 13.0. The summed E-state index contributed by atoms with van der Waals surface area (Å²) in [4.78, 5) is 31.8. The lowest BCUT2D eigenvalue weighted by Gasteiger charge is -2.33. The molecular weight excluding hydrogens is 682 g/mol. The van der Waals surface area contributed by atoms with Gasteiger partial charge in [0.05, 0.1) is 12.2 Å². The van der Waals surface area contributed by atoms with Gasteiger partial charge < -0.3 is 14.4 Å². The van der Waals surface area contributed by atoms with Crippen molar-refractivity contribution >= 4 is 33.6 Å². The van der Waals surface area contributed by atoms with E-state index >= 15 is 0 Å². The summed E-state index contributed by atoms with van der Waals surface area (Å²) in [6, 6.07) is 6.04. The van der Waals surface area contributed by atoms with Crippen molar-refractivity contribution in [3.8, 4) is 11.7 Å². The van der Waals surface area contributed by atoms with E-state index in [9.17, 15) is 18.0 Å². The number of sulfonamides is 1. The summed E-state index contributed by atoms with van der Waals surface area (Å²) in [5.74, 6) is 1.01. The number of ether oxygens (including phenoxy) is 2. The number of likely N-dealkylation sites (tertiary alicyclic amines) is 1. The smallest absolute Gasteiger partial charge is 0.410 e. The van der Waals surface area contributed by atoms with Crippen molar-refractivity contribution in [2.75, 3.05) is 13.2 Å². The normalized spacial score (nSPS) is 21.4. The summed E-state index contributed by atoms with van der Waals surface area (Å²) < 4.78 is 42.7. The average molecular weight is 728 g/mol. The molecule has 3 aromatic heterocycles. The van der Waals surface area contributed by atoms with Crippen molar-refractivity contribution in [3.05, 3.63) is 47.4 Å². The van der Waals surface area contributed by atoms with Gasteiger partial charge in [0.1, 0.15) is 10.8 Å². The standard InChI is InChI=1S/C35H46ClN7O6S/c1-32(2,3)49-31(45)42-22-23(21-33(42,4)5)7-6-17-41-18-11-28(39-41)50(46,47)40-30(44)24-8-9-26(37-29(24)36)43-19-10-27(38-43)48-20-12-25-34(13-14-34)35(25)15-16-35/h8-11,18-19,23,25H,6-7,12-17,20-22H2,1-5H3,(H,40,44). The Balaban J connectivity index is 0.886. The van der Waals surface area contributed by atoms with Crippen LogP contribution in [0.15, 0.2) is 41.7 Å². The number of aromatic nitrogens is 5. The summed E-state index contributed by atoms with van der Waals surface area (Å²) in [5, 5.41) is 8.18. The lowest BCUT2D eigenvalue weighted by atomic mass is 9.93. The zero-order chi connectivity index (χ0) is 35.7. The van der Waals surface area contributed by atoms with Crippen LogP contribution in [0.4, 0.5) is 4.79 Å². The Morgan fingerprint density at radius 2 is 1.74 bits per heavy atom. The van der Waals surface area contributed by atoms with E-state index in [0.29, 0.717) is 42.2 Å². The van der Waals surface area contributed by atoms with E-state index in [-0.39, 0.29) is 33.3 Å². The maximum Gasteiger partial charge on any atom is 0.410 e. The number of hydrogen-bond acceptors (Lipinski definition) is 9. The number of aryl methyl sites for hydroxylation is 1. The Hall–Kier alpha value is -3.65. The Kier molecular flexibility index (Phi) is 8.52. The number of nitrogens with zero attached hydrogens (tertiary/aromatic N) is 6. The van der Waals surface area contributed by atoms with Crippen molar-refractivity contribution < 1.29 is 27.5 Å². The number of nitrogens with one attached hydrogen (secondary N) is 1. The predicted octanol–water partition coefficient (Wildman–Crippen LogP) is 6.01. The van der Waals surface area contributed by atoms with Gasteiger partial charge in [-0.3, -0.25) is 9.48 Å². The van der Waals surface area contributed by atoms with Crippen LogP contribution in [-0.4, -0.2) is 74.2 Å². The third kappa shape index (κ3) is 6.72. The number of fused-ring (bicyclic) bond motifs is 1. The molecule has 0 aromatic carbocycles. The minimum absolute atomic E-state index is 0.102. The Morgan fingerprint density at radius 3 is 2.40 bits per heavy atom. The van der Waals surface area contributed by atoms with E-state index in [1.807, 2.05) is 39.3 Å². The van der Waals surface area contributed by atoms with Crippen LogP contribution >= 0.6 is 11.6 Å². The van der Waals surface area contributed by atoms with Crippen molar-refractivity contribution in [2.45, 2.75) is 109 Å². The molecule has 0 bridgehead atoms. The molecule has 3 aromatic rings. The highest BCUT2D eigenvalue weighted by Crippen LogP contribution is 2.93. The highest BCUT2D eigenvalue weighted by atomic mass is 35.5. The van der Waals surface area contributed by atoms with Crippen molar-refractivity contribution in [1.82, 2.24) is 34.2 Å². The van der Waals surface area contributed by atoms with Gasteiger partial charge in [0, 0.05) is 37.1 Å². The molecule has 270 valence electrons. The molecule has 3 saturated carbocycles. The molecule has 2 spiro atoms. The van der Waals surface area contributed by atoms with Gasteiger partial charge in [0.2, 0.25) is 5.88 Å². The number of amides is 2. The summed E-state index contributed by atoms with van der Waals surface area (Å²) in [7, 11) is -4.28. The number of carbonyl (C=O) groups excluding carboxylic acids is 2.